The fraction of sp³-hybridized carbons (Fsp3) is 0. The molecule has 19 heavy (non-hydrogen) atoms. The van der Waals surface area contributed by atoms with Crippen molar-refractivity contribution < 1.29 is 0 Å². The van der Waals surface area contributed by atoms with Gasteiger partial charge in [0.15, 0.2) is 0 Å². The highest BCUT2D eigenvalue weighted by molar-refractivity contribution is 9.10. The molecule has 3 aromatic rings. The van der Waals surface area contributed by atoms with Crippen LogP contribution >= 0.6 is 15.9 Å². The number of rotatable bonds is 2. The van der Waals surface area contributed by atoms with Gasteiger partial charge in [-0.15, -0.1) is 0 Å². The average molecular weight is 310 g/mol. The second-order valence-corrected chi connectivity index (χ2v) is 5.23. The first kappa shape index (κ1) is 12.1. The Bertz CT molecular complexity index is 730. The number of hydrogen-bond acceptors (Lipinski definition) is 1. The van der Waals surface area contributed by atoms with Crippen LogP contribution < -0.4 is 0 Å². The van der Waals surface area contributed by atoms with Crippen molar-refractivity contribution in [3.05, 3.63) is 76.4 Å². The van der Waals surface area contributed by atoms with E-state index >= 15 is 0 Å². The van der Waals surface area contributed by atoms with E-state index in [0.717, 1.165) is 21.2 Å². The summed E-state index contributed by atoms with van der Waals surface area (Å²) >= 11 is 3.43. The summed E-state index contributed by atoms with van der Waals surface area (Å²) in [5.74, 6) is 0. The Kier molecular flexibility index (Phi) is 3.43. The number of hydrogen-bond donors (Lipinski definition) is 0. The van der Waals surface area contributed by atoms with E-state index < -0.39 is 0 Å². The van der Waals surface area contributed by atoms with Gasteiger partial charge in [0.05, 0.1) is 11.2 Å². The lowest BCUT2D eigenvalue weighted by atomic mass is 10.1. The van der Waals surface area contributed by atoms with Crippen LogP contribution in [0.3, 0.4) is 0 Å². The molecular formula is C17H12BrN. The summed E-state index contributed by atoms with van der Waals surface area (Å²) in [6, 6.07) is 20.5. The largest absolute Gasteiger partial charge is 0.248 e. The van der Waals surface area contributed by atoms with Crippen LogP contribution in [0.5, 0.6) is 0 Å². The maximum Gasteiger partial charge on any atom is 0.0709 e. The van der Waals surface area contributed by atoms with Crippen molar-refractivity contribution >= 4 is 39.0 Å². The molecule has 0 atom stereocenters. The van der Waals surface area contributed by atoms with Crippen LogP contribution in [0.15, 0.2) is 65.1 Å². The summed E-state index contributed by atoms with van der Waals surface area (Å²) in [5, 5.41) is 1.17. The summed E-state index contributed by atoms with van der Waals surface area (Å²) in [4.78, 5) is 4.61. The number of pyridine rings is 1. The van der Waals surface area contributed by atoms with E-state index in [0.29, 0.717) is 0 Å². The third-order valence-corrected chi connectivity index (χ3v) is 3.47. The molecule has 0 bridgehead atoms. The molecule has 0 spiro atoms. The van der Waals surface area contributed by atoms with E-state index in [9.17, 15) is 0 Å². The molecule has 0 amide bonds. The Hall–Kier alpha value is -1.93. The summed E-state index contributed by atoms with van der Waals surface area (Å²) < 4.78 is 1.09. The summed E-state index contributed by atoms with van der Waals surface area (Å²) in [7, 11) is 0. The maximum atomic E-state index is 4.61. The maximum absolute atomic E-state index is 4.61. The zero-order valence-electron chi connectivity index (χ0n) is 10.3. The van der Waals surface area contributed by atoms with Gasteiger partial charge in [-0.25, -0.2) is 4.98 Å². The smallest absolute Gasteiger partial charge is 0.0709 e. The van der Waals surface area contributed by atoms with Gasteiger partial charge in [-0.3, -0.25) is 0 Å². The fourth-order valence-electron chi connectivity index (χ4n) is 1.93. The number of benzene rings is 2. The first-order valence-corrected chi connectivity index (χ1v) is 6.90. The molecule has 3 rings (SSSR count). The zero-order chi connectivity index (χ0) is 13.1. The van der Waals surface area contributed by atoms with Crippen molar-refractivity contribution in [2.24, 2.45) is 0 Å². The monoisotopic (exact) mass is 309 g/mol. The lowest BCUT2D eigenvalue weighted by Gasteiger charge is -1.98. The highest BCUT2D eigenvalue weighted by Crippen LogP contribution is 2.15. The molecule has 0 aliphatic rings. The minimum absolute atomic E-state index is 0.974. The van der Waals surface area contributed by atoms with E-state index in [4.69, 9.17) is 0 Å². The van der Waals surface area contributed by atoms with Crippen molar-refractivity contribution in [3.63, 3.8) is 0 Å². The molecule has 92 valence electrons. The van der Waals surface area contributed by atoms with E-state index in [2.05, 4.69) is 51.3 Å². The van der Waals surface area contributed by atoms with Crippen LogP contribution in [-0.4, -0.2) is 4.98 Å². The molecule has 1 nitrogen and oxygen atoms in total. The van der Waals surface area contributed by atoms with E-state index in [1.165, 1.54) is 5.39 Å². The van der Waals surface area contributed by atoms with Crippen molar-refractivity contribution in [2.75, 3.05) is 0 Å². The van der Waals surface area contributed by atoms with Crippen molar-refractivity contribution in [1.29, 1.82) is 0 Å². The quantitative estimate of drug-likeness (QED) is 0.636. The van der Waals surface area contributed by atoms with Gasteiger partial charge < -0.3 is 0 Å². The Labute approximate surface area is 120 Å². The number of aromatic nitrogens is 1. The van der Waals surface area contributed by atoms with Gasteiger partial charge in [-0.05, 0) is 35.9 Å². The van der Waals surface area contributed by atoms with Gasteiger partial charge in [0.1, 0.15) is 0 Å². The fourth-order valence-corrected chi connectivity index (χ4v) is 2.19. The zero-order valence-corrected chi connectivity index (χ0v) is 11.8. The summed E-state index contributed by atoms with van der Waals surface area (Å²) in [5.41, 5.74) is 3.17. The molecule has 2 heteroatoms. The Morgan fingerprint density at radius 3 is 2.42 bits per heavy atom. The highest BCUT2D eigenvalue weighted by Gasteiger charge is 1.94. The first-order chi connectivity index (χ1) is 9.31. The Morgan fingerprint density at radius 2 is 1.58 bits per heavy atom. The van der Waals surface area contributed by atoms with Gasteiger partial charge in [0.2, 0.25) is 0 Å². The van der Waals surface area contributed by atoms with Crippen LogP contribution in [0.2, 0.25) is 0 Å². The summed E-state index contributed by atoms with van der Waals surface area (Å²) in [6.07, 6.45) is 4.11. The Balaban J connectivity index is 1.90. The third kappa shape index (κ3) is 2.91. The lowest BCUT2D eigenvalue weighted by molar-refractivity contribution is 1.37. The number of fused-ring (bicyclic) bond motifs is 1. The van der Waals surface area contributed by atoms with Crippen molar-refractivity contribution in [3.8, 4) is 0 Å². The van der Waals surface area contributed by atoms with Crippen LogP contribution in [-0.2, 0) is 0 Å². The average Bonchev–Trinajstić information content (AvgIpc) is 2.46. The number of nitrogens with zero attached hydrogens (tertiary/aromatic N) is 1. The predicted octanol–water partition coefficient (Wildman–Crippen LogP) is 5.17. The molecule has 0 fully saturated rings. The molecule has 0 unspecified atom stereocenters. The van der Waals surface area contributed by atoms with Crippen molar-refractivity contribution in [1.82, 2.24) is 4.98 Å². The second kappa shape index (κ2) is 5.37. The normalized spacial score (nSPS) is 11.2. The van der Waals surface area contributed by atoms with Crippen LogP contribution in [0.1, 0.15) is 11.3 Å². The first-order valence-electron chi connectivity index (χ1n) is 6.11. The minimum atomic E-state index is 0.974. The Morgan fingerprint density at radius 1 is 0.789 bits per heavy atom. The van der Waals surface area contributed by atoms with Gasteiger partial charge >= 0.3 is 0 Å². The van der Waals surface area contributed by atoms with Crippen LogP contribution in [0.25, 0.3) is 23.1 Å². The van der Waals surface area contributed by atoms with Gasteiger partial charge in [0, 0.05) is 9.86 Å². The molecule has 1 aromatic heterocycles. The molecule has 0 aliphatic carbocycles. The van der Waals surface area contributed by atoms with Gasteiger partial charge in [0.25, 0.3) is 0 Å². The van der Waals surface area contributed by atoms with Crippen LogP contribution in [0.4, 0.5) is 0 Å². The molecule has 2 aromatic carbocycles. The second-order valence-electron chi connectivity index (χ2n) is 4.31. The number of halogens is 1. The summed E-state index contributed by atoms with van der Waals surface area (Å²) in [6.45, 7) is 0. The number of para-hydroxylation sites is 1. The van der Waals surface area contributed by atoms with Crippen LogP contribution in [0, 0.1) is 0 Å². The van der Waals surface area contributed by atoms with Gasteiger partial charge in [-0.2, -0.15) is 0 Å². The molecule has 0 N–H and O–H groups in total. The van der Waals surface area contributed by atoms with E-state index in [1.807, 2.05) is 42.5 Å². The molecule has 1 heterocycles. The SMILES string of the molecule is Brc1ccc(/C=C\c2ccc3ccccc3n2)cc1. The van der Waals surface area contributed by atoms with E-state index in [-0.39, 0.29) is 0 Å². The van der Waals surface area contributed by atoms with Crippen molar-refractivity contribution in [2.45, 2.75) is 0 Å². The molecular weight excluding hydrogens is 298 g/mol. The molecule has 0 saturated carbocycles. The van der Waals surface area contributed by atoms with E-state index in [1.54, 1.807) is 0 Å². The lowest BCUT2D eigenvalue weighted by Crippen LogP contribution is -1.82. The highest BCUT2D eigenvalue weighted by atomic mass is 79.9. The molecule has 0 radical (unpaired) electrons. The molecule has 0 saturated heterocycles. The minimum Gasteiger partial charge on any atom is -0.248 e. The standard InChI is InChI=1S/C17H12BrN/c18-15-9-5-13(6-10-15)7-11-16-12-8-14-3-1-2-4-17(14)19-16/h1-12H/b11-7-. The topological polar surface area (TPSA) is 12.9 Å². The third-order valence-electron chi connectivity index (χ3n) is 2.94. The van der Waals surface area contributed by atoms with Gasteiger partial charge in [-0.1, -0.05) is 58.4 Å². The molecule has 0 aliphatic heterocycles. The predicted molar refractivity (Wildman–Crippen MR) is 84.8 cm³/mol.